The third-order valence-corrected chi connectivity index (χ3v) is 5.36. The van der Waals surface area contributed by atoms with Gasteiger partial charge in [0.15, 0.2) is 0 Å². The minimum absolute atomic E-state index is 0.206. The second-order valence-electron chi connectivity index (χ2n) is 6.30. The van der Waals surface area contributed by atoms with E-state index in [4.69, 9.17) is 10.5 Å². The molecule has 112 valence electrons. The van der Waals surface area contributed by atoms with Crippen LogP contribution in [0.2, 0.25) is 0 Å². The van der Waals surface area contributed by atoms with Gasteiger partial charge in [0, 0.05) is 12.0 Å². The Morgan fingerprint density at radius 1 is 1.40 bits per heavy atom. The van der Waals surface area contributed by atoms with Crippen LogP contribution in [-0.4, -0.2) is 18.8 Å². The summed E-state index contributed by atoms with van der Waals surface area (Å²) in [7, 11) is 1.65. The molecule has 0 heterocycles. The molecule has 1 fully saturated rings. The Bertz CT molecular complexity index is 441. The van der Waals surface area contributed by atoms with Crippen molar-refractivity contribution in [1.29, 1.82) is 0 Å². The molecule has 0 aliphatic heterocycles. The first kappa shape index (κ1) is 15.3. The monoisotopic (exact) mass is 277 g/mol. The summed E-state index contributed by atoms with van der Waals surface area (Å²) >= 11 is 0. The Kier molecular flexibility index (Phi) is 4.40. The number of rotatable bonds is 5. The van der Waals surface area contributed by atoms with Crippen molar-refractivity contribution in [3.8, 4) is 5.75 Å². The van der Waals surface area contributed by atoms with Gasteiger partial charge in [-0.1, -0.05) is 25.5 Å². The zero-order valence-electron chi connectivity index (χ0n) is 12.9. The van der Waals surface area contributed by atoms with Gasteiger partial charge >= 0.3 is 0 Å². The molecule has 1 saturated carbocycles. The Labute approximate surface area is 122 Å². The van der Waals surface area contributed by atoms with E-state index < -0.39 is 5.60 Å². The van der Waals surface area contributed by atoms with E-state index in [2.05, 4.69) is 6.92 Å². The molecule has 1 aliphatic carbocycles. The fourth-order valence-electron chi connectivity index (χ4n) is 3.63. The molecule has 3 heteroatoms. The molecule has 3 atom stereocenters. The third-order valence-electron chi connectivity index (χ3n) is 5.36. The average molecular weight is 277 g/mol. The number of nitrogens with two attached hydrogens (primary N) is 1. The van der Waals surface area contributed by atoms with Crippen molar-refractivity contribution in [2.75, 3.05) is 13.7 Å². The first-order valence-electron chi connectivity index (χ1n) is 7.56. The van der Waals surface area contributed by atoms with Crippen LogP contribution in [-0.2, 0) is 5.60 Å². The van der Waals surface area contributed by atoms with Crippen LogP contribution in [0.3, 0.4) is 0 Å². The predicted molar refractivity (Wildman–Crippen MR) is 81.7 cm³/mol. The van der Waals surface area contributed by atoms with Gasteiger partial charge in [0.2, 0.25) is 0 Å². The zero-order chi connectivity index (χ0) is 14.8. The largest absolute Gasteiger partial charge is 0.497 e. The van der Waals surface area contributed by atoms with Gasteiger partial charge in [-0.2, -0.15) is 0 Å². The molecule has 0 aromatic heterocycles. The van der Waals surface area contributed by atoms with Crippen LogP contribution in [0.4, 0.5) is 0 Å². The zero-order valence-corrected chi connectivity index (χ0v) is 12.9. The second-order valence-corrected chi connectivity index (χ2v) is 6.30. The van der Waals surface area contributed by atoms with Crippen molar-refractivity contribution in [2.24, 2.45) is 17.1 Å². The van der Waals surface area contributed by atoms with Crippen molar-refractivity contribution >= 4 is 0 Å². The van der Waals surface area contributed by atoms with Crippen molar-refractivity contribution in [1.82, 2.24) is 0 Å². The summed E-state index contributed by atoms with van der Waals surface area (Å²) in [6.07, 6.45) is 4.35. The molecule has 3 N–H and O–H groups in total. The van der Waals surface area contributed by atoms with E-state index in [0.29, 0.717) is 12.5 Å². The van der Waals surface area contributed by atoms with E-state index in [0.717, 1.165) is 24.2 Å². The first-order chi connectivity index (χ1) is 9.49. The minimum Gasteiger partial charge on any atom is -0.497 e. The SMILES string of the molecule is CCC1CCC(CN)(C(C)(O)c2ccc(OC)cc2)C1. The Morgan fingerprint density at radius 3 is 2.50 bits per heavy atom. The Morgan fingerprint density at radius 2 is 2.05 bits per heavy atom. The van der Waals surface area contributed by atoms with Crippen molar-refractivity contribution in [2.45, 2.75) is 45.1 Å². The van der Waals surface area contributed by atoms with Crippen LogP contribution < -0.4 is 10.5 Å². The Hall–Kier alpha value is -1.06. The van der Waals surface area contributed by atoms with Gasteiger partial charge in [0.1, 0.15) is 5.75 Å². The van der Waals surface area contributed by atoms with E-state index in [1.165, 1.54) is 12.8 Å². The van der Waals surface area contributed by atoms with E-state index in [1.54, 1.807) is 7.11 Å². The number of aliphatic hydroxyl groups is 1. The summed E-state index contributed by atoms with van der Waals surface area (Å²) in [5.74, 6) is 1.49. The highest BCUT2D eigenvalue weighted by Gasteiger charge is 2.51. The summed E-state index contributed by atoms with van der Waals surface area (Å²) in [6.45, 7) is 4.67. The maximum atomic E-state index is 11.2. The maximum absolute atomic E-state index is 11.2. The van der Waals surface area contributed by atoms with Crippen molar-refractivity contribution in [3.05, 3.63) is 29.8 Å². The van der Waals surface area contributed by atoms with Gasteiger partial charge in [0.05, 0.1) is 12.7 Å². The first-order valence-corrected chi connectivity index (χ1v) is 7.56. The smallest absolute Gasteiger partial charge is 0.118 e. The standard InChI is InChI=1S/C17H27NO2/c1-4-13-9-10-17(11-13,12-18)16(2,19)14-5-7-15(20-3)8-6-14/h5-8,13,19H,4,9-12,18H2,1-3H3. The third kappa shape index (κ3) is 2.45. The summed E-state index contributed by atoms with van der Waals surface area (Å²) in [5.41, 5.74) is 5.91. The molecular formula is C17H27NO2. The number of methoxy groups -OCH3 is 1. The molecule has 0 bridgehead atoms. The van der Waals surface area contributed by atoms with Crippen molar-refractivity contribution in [3.63, 3.8) is 0 Å². The van der Waals surface area contributed by atoms with E-state index >= 15 is 0 Å². The number of ether oxygens (including phenoxy) is 1. The lowest BCUT2D eigenvalue weighted by atomic mass is 9.67. The molecular weight excluding hydrogens is 250 g/mol. The molecule has 20 heavy (non-hydrogen) atoms. The van der Waals surface area contributed by atoms with Gasteiger partial charge in [-0.3, -0.25) is 0 Å². The van der Waals surface area contributed by atoms with E-state index in [9.17, 15) is 5.11 Å². The molecule has 3 nitrogen and oxygen atoms in total. The van der Waals surface area contributed by atoms with Gasteiger partial charge in [-0.05, 0) is 49.8 Å². The quantitative estimate of drug-likeness (QED) is 0.869. The normalized spacial score (nSPS) is 29.1. The molecule has 0 spiro atoms. The average Bonchev–Trinajstić information content (AvgIpc) is 2.92. The lowest BCUT2D eigenvalue weighted by Crippen LogP contribution is -2.47. The molecule has 1 aromatic carbocycles. The number of hydrogen-bond donors (Lipinski definition) is 2. The van der Waals surface area contributed by atoms with Gasteiger partial charge in [-0.25, -0.2) is 0 Å². The topological polar surface area (TPSA) is 55.5 Å². The molecule has 3 unspecified atom stereocenters. The molecule has 0 radical (unpaired) electrons. The van der Waals surface area contributed by atoms with Crippen LogP contribution >= 0.6 is 0 Å². The fraction of sp³-hybridized carbons (Fsp3) is 0.647. The lowest BCUT2D eigenvalue weighted by Gasteiger charge is -2.43. The van der Waals surface area contributed by atoms with Crippen molar-refractivity contribution < 1.29 is 9.84 Å². The number of benzene rings is 1. The van der Waals surface area contributed by atoms with Gasteiger partial charge in [0.25, 0.3) is 0 Å². The molecule has 1 aromatic rings. The summed E-state index contributed by atoms with van der Waals surface area (Å²) in [5, 5.41) is 11.2. The summed E-state index contributed by atoms with van der Waals surface area (Å²) in [6, 6.07) is 7.71. The predicted octanol–water partition coefficient (Wildman–Crippen LogP) is 3.06. The highest BCUT2D eigenvalue weighted by Crippen LogP contribution is 2.53. The van der Waals surface area contributed by atoms with Crippen LogP contribution in [0.1, 0.15) is 45.1 Å². The maximum Gasteiger partial charge on any atom is 0.118 e. The molecule has 0 amide bonds. The fourth-order valence-corrected chi connectivity index (χ4v) is 3.63. The van der Waals surface area contributed by atoms with Crippen LogP contribution in [0, 0.1) is 11.3 Å². The van der Waals surface area contributed by atoms with Crippen LogP contribution in [0.15, 0.2) is 24.3 Å². The van der Waals surface area contributed by atoms with Gasteiger partial charge < -0.3 is 15.6 Å². The summed E-state index contributed by atoms with van der Waals surface area (Å²) in [4.78, 5) is 0. The second kappa shape index (κ2) is 5.74. The summed E-state index contributed by atoms with van der Waals surface area (Å²) < 4.78 is 5.19. The molecule has 2 rings (SSSR count). The molecule has 0 saturated heterocycles. The van der Waals surface area contributed by atoms with E-state index in [-0.39, 0.29) is 5.41 Å². The minimum atomic E-state index is -0.891. The highest BCUT2D eigenvalue weighted by atomic mass is 16.5. The lowest BCUT2D eigenvalue weighted by molar-refractivity contribution is -0.0715. The molecule has 1 aliphatic rings. The Balaban J connectivity index is 2.31. The van der Waals surface area contributed by atoms with Crippen LogP contribution in [0.5, 0.6) is 5.75 Å². The van der Waals surface area contributed by atoms with Crippen LogP contribution in [0.25, 0.3) is 0 Å². The van der Waals surface area contributed by atoms with E-state index in [1.807, 2.05) is 31.2 Å². The van der Waals surface area contributed by atoms with Gasteiger partial charge in [-0.15, -0.1) is 0 Å². The highest BCUT2D eigenvalue weighted by molar-refractivity contribution is 5.32. The number of hydrogen-bond acceptors (Lipinski definition) is 3.